The van der Waals surface area contributed by atoms with Crippen molar-refractivity contribution in [2.45, 2.75) is 27.7 Å². The Balaban J connectivity index is 0.00000196. The topological polar surface area (TPSA) is 48.5 Å². The molecule has 1 radical (unpaired) electrons. The molecule has 2 aromatic heterocycles. The molecule has 4 aromatic rings. The molecule has 0 fully saturated rings. The van der Waals surface area contributed by atoms with Crippen LogP contribution in [0.5, 0.6) is 0 Å². The van der Waals surface area contributed by atoms with Gasteiger partial charge in [0.2, 0.25) is 0 Å². The molecule has 5 nitrogen and oxygen atoms in total. The van der Waals surface area contributed by atoms with Crippen molar-refractivity contribution in [2.75, 3.05) is 0 Å². The summed E-state index contributed by atoms with van der Waals surface area (Å²) in [5.74, 6) is 1.75. The van der Waals surface area contributed by atoms with Gasteiger partial charge in [-0.25, -0.2) is 0 Å². The van der Waals surface area contributed by atoms with Crippen molar-refractivity contribution in [2.24, 2.45) is 7.05 Å². The van der Waals surface area contributed by atoms with Crippen LogP contribution in [0.15, 0.2) is 30.6 Å². The fourth-order valence-corrected chi connectivity index (χ4v) is 3.41. The molecule has 0 bridgehead atoms. The second-order valence-corrected chi connectivity index (χ2v) is 6.53. The molecule has 0 aliphatic heterocycles. The quantitative estimate of drug-likeness (QED) is 0.376. The van der Waals surface area contributed by atoms with Gasteiger partial charge in [-0.1, -0.05) is 30.7 Å². The number of hydrogen-bond donors (Lipinski definition) is 0. The number of rotatable bonds is 2. The zero-order valence-corrected chi connectivity index (χ0v) is 17.9. The Morgan fingerprint density at radius 3 is 2.38 bits per heavy atom. The molecule has 135 valence electrons. The van der Waals surface area contributed by atoms with Crippen LogP contribution >= 0.6 is 0 Å². The van der Waals surface area contributed by atoms with E-state index < -0.39 is 0 Å². The van der Waals surface area contributed by atoms with Gasteiger partial charge in [-0.15, -0.1) is 22.8 Å². The molecule has 0 saturated heterocycles. The van der Waals surface area contributed by atoms with E-state index in [9.17, 15) is 0 Å². The Labute approximate surface area is 166 Å². The van der Waals surface area contributed by atoms with Crippen molar-refractivity contribution in [3.05, 3.63) is 59.2 Å². The maximum Gasteiger partial charge on any atom is 0.114 e. The fraction of sp³-hybridized carbons (Fsp3) is 0.250. The van der Waals surface area contributed by atoms with Gasteiger partial charge in [0, 0.05) is 38.4 Å². The Kier molecular flexibility index (Phi) is 4.82. The second-order valence-electron chi connectivity index (χ2n) is 6.53. The molecule has 0 N–H and O–H groups in total. The summed E-state index contributed by atoms with van der Waals surface area (Å²) in [7, 11) is 2.03. The molecule has 0 saturated carbocycles. The van der Waals surface area contributed by atoms with E-state index in [1.807, 2.05) is 24.6 Å². The predicted molar refractivity (Wildman–Crippen MR) is 98.9 cm³/mol. The Bertz CT molecular complexity index is 1090. The van der Waals surface area contributed by atoms with E-state index in [0.717, 1.165) is 39.5 Å². The van der Waals surface area contributed by atoms with Crippen molar-refractivity contribution < 1.29 is 20.1 Å². The van der Waals surface area contributed by atoms with Crippen molar-refractivity contribution in [3.8, 4) is 17.1 Å². The SMILES string of the molecule is Cc1cccc(C)c1-n1cnnc1-c1[c-]cc(C)c2nc(C)n(C)c12.[Ir]. The van der Waals surface area contributed by atoms with Crippen LogP contribution < -0.4 is 0 Å². The first-order valence-electron chi connectivity index (χ1n) is 8.30. The van der Waals surface area contributed by atoms with Crippen molar-refractivity contribution >= 4 is 11.0 Å². The van der Waals surface area contributed by atoms with Gasteiger partial charge in [0.1, 0.15) is 6.33 Å². The van der Waals surface area contributed by atoms with E-state index in [2.05, 4.69) is 59.8 Å². The number of aryl methyl sites for hydroxylation is 5. The first kappa shape index (κ1) is 18.5. The summed E-state index contributed by atoms with van der Waals surface area (Å²) in [5.41, 5.74) is 7.55. The third-order valence-electron chi connectivity index (χ3n) is 4.81. The van der Waals surface area contributed by atoms with Gasteiger partial charge >= 0.3 is 0 Å². The van der Waals surface area contributed by atoms with E-state index in [-0.39, 0.29) is 20.1 Å². The van der Waals surface area contributed by atoms with Crippen LogP contribution in [0.25, 0.3) is 28.1 Å². The minimum atomic E-state index is 0. The summed E-state index contributed by atoms with van der Waals surface area (Å²) in [6.45, 7) is 8.29. The predicted octanol–water partition coefficient (Wildman–Crippen LogP) is 3.85. The Morgan fingerprint density at radius 2 is 1.69 bits per heavy atom. The Hall–Kier alpha value is -2.30. The molecule has 2 heterocycles. The molecule has 0 atom stereocenters. The van der Waals surface area contributed by atoms with Crippen LogP contribution in [0, 0.1) is 33.8 Å². The number of imidazole rings is 1. The van der Waals surface area contributed by atoms with Crippen LogP contribution in [-0.4, -0.2) is 24.3 Å². The maximum atomic E-state index is 4.71. The number of benzene rings is 2. The summed E-state index contributed by atoms with van der Waals surface area (Å²) in [6.07, 6.45) is 1.77. The van der Waals surface area contributed by atoms with E-state index in [0.29, 0.717) is 0 Å². The van der Waals surface area contributed by atoms with Crippen LogP contribution in [-0.2, 0) is 27.2 Å². The number of aromatic nitrogens is 5. The van der Waals surface area contributed by atoms with Gasteiger partial charge < -0.3 is 9.13 Å². The van der Waals surface area contributed by atoms with Crippen molar-refractivity contribution in [1.29, 1.82) is 0 Å². The minimum absolute atomic E-state index is 0. The molecule has 0 aliphatic rings. The molecular weight excluding hydrogens is 502 g/mol. The van der Waals surface area contributed by atoms with Crippen molar-refractivity contribution in [1.82, 2.24) is 24.3 Å². The molecule has 4 rings (SSSR count). The summed E-state index contributed by atoms with van der Waals surface area (Å²) in [6, 6.07) is 11.7. The van der Waals surface area contributed by atoms with Gasteiger partial charge in [0.15, 0.2) is 0 Å². The first-order valence-corrected chi connectivity index (χ1v) is 8.30. The normalized spacial score (nSPS) is 11.0. The minimum Gasteiger partial charge on any atom is -0.371 e. The van der Waals surface area contributed by atoms with Gasteiger partial charge in [0.25, 0.3) is 0 Å². The zero-order chi connectivity index (χ0) is 17.7. The van der Waals surface area contributed by atoms with E-state index in [4.69, 9.17) is 4.98 Å². The number of para-hydroxylation sites is 1. The third-order valence-corrected chi connectivity index (χ3v) is 4.81. The van der Waals surface area contributed by atoms with Crippen LogP contribution in [0.3, 0.4) is 0 Å². The zero-order valence-electron chi connectivity index (χ0n) is 15.5. The van der Waals surface area contributed by atoms with E-state index in [1.54, 1.807) is 6.33 Å². The molecule has 26 heavy (non-hydrogen) atoms. The maximum absolute atomic E-state index is 4.71. The van der Waals surface area contributed by atoms with Crippen LogP contribution in [0.2, 0.25) is 0 Å². The number of nitrogens with zero attached hydrogens (tertiary/aromatic N) is 5. The first-order chi connectivity index (χ1) is 12.0. The van der Waals surface area contributed by atoms with E-state index in [1.165, 1.54) is 11.1 Å². The van der Waals surface area contributed by atoms with E-state index >= 15 is 0 Å². The standard InChI is InChI=1S/C20H20N5.Ir/c1-12-9-10-16(19-17(12)22-15(4)24(19)5)20-23-21-11-25(20)18-13(2)7-6-8-14(18)3;/h6-9,11H,1-5H3;/q-1;. The number of hydrogen-bond acceptors (Lipinski definition) is 3. The van der Waals surface area contributed by atoms with Gasteiger partial charge in [-0.3, -0.25) is 4.98 Å². The molecule has 2 aromatic carbocycles. The molecule has 0 spiro atoms. The average Bonchev–Trinajstić information content (AvgIpc) is 3.15. The van der Waals surface area contributed by atoms with Crippen LogP contribution in [0.4, 0.5) is 0 Å². The summed E-state index contributed by atoms with van der Waals surface area (Å²) in [4.78, 5) is 4.71. The largest absolute Gasteiger partial charge is 0.371 e. The Morgan fingerprint density at radius 1 is 1.00 bits per heavy atom. The molecule has 0 unspecified atom stereocenters. The van der Waals surface area contributed by atoms with Gasteiger partial charge in [-0.2, -0.15) is 5.10 Å². The van der Waals surface area contributed by atoms with Crippen LogP contribution in [0.1, 0.15) is 22.5 Å². The monoisotopic (exact) mass is 523 g/mol. The van der Waals surface area contributed by atoms with Gasteiger partial charge in [0.05, 0.1) is 11.6 Å². The summed E-state index contributed by atoms with van der Waals surface area (Å²) < 4.78 is 4.14. The summed E-state index contributed by atoms with van der Waals surface area (Å²) in [5, 5.41) is 8.60. The smallest absolute Gasteiger partial charge is 0.114 e. The number of fused-ring (bicyclic) bond motifs is 1. The average molecular weight is 523 g/mol. The van der Waals surface area contributed by atoms with Crippen molar-refractivity contribution in [3.63, 3.8) is 0 Å². The molecule has 6 heteroatoms. The van der Waals surface area contributed by atoms with Gasteiger partial charge in [-0.05, 0) is 37.4 Å². The molecule has 0 aliphatic carbocycles. The molecular formula is C20H20IrN5-. The summed E-state index contributed by atoms with van der Waals surface area (Å²) >= 11 is 0. The fourth-order valence-electron chi connectivity index (χ4n) is 3.41. The second kappa shape index (κ2) is 6.78. The molecule has 0 amide bonds. The third kappa shape index (κ3) is 2.70.